The van der Waals surface area contributed by atoms with E-state index in [9.17, 15) is 0 Å². The van der Waals surface area contributed by atoms with Gasteiger partial charge in [0.05, 0.1) is 0 Å². The Bertz CT molecular complexity index is 452. The fourth-order valence-corrected chi connectivity index (χ4v) is 3.11. The van der Waals surface area contributed by atoms with Crippen LogP contribution in [0.5, 0.6) is 0 Å². The largest absolute Gasteiger partial charge is 0.369 e. The average Bonchev–Trinajstić information content (AvgIpc) is 2.86. The van der Waals surface area contributed by atoms with Crippen molar-refractivity contribution in [1.29, 1.82) is 0 Å². The summed E-state index contributed by atoms with van der Waals surface area (Å²) in [5, 5.41) is 3.56. The van der Waals surface area contributed by atoms with Gasteiger partial charge in [-0.1, -0.05) is 55.7 Å². The van der Waals surface area contributed by atoms with Crippen LogP contribution < -0.4 is 5.32 Å². The molecule has 2 rings (SSSR count). The minimum absolute atomic E-state index is 0.544. The van der Waals surface area contributed by atoms with Crippen LogP contribution in [0.15, 0.2) is 30.3 Å². The molecule has 0 bridgehead atoms. The summed E-state index contributed by atoms with van der Waals surface area (Å²) in [6.45, 7) is 3.85. The van der Waals surface area contributed by atoms with Crippen molar-refractivity contribution in [3.63, 3.8) is 0 Å². The Morgan fingerprint density at radius 1 is 1.04 bits per heavy atom. The lowest BCUT2D eigenvalue weighted by Gasteiger charge is -2.13. The molecule has 1 fully saturated rings. The summed E-state index contributed by atoms with van der Waals surface area (Å²) in [4.78, 5) is 0. The zero-order valence-electron chi connectivity index (χ0n) is 14.4. The lowest BCUT2D eigenvalue weighted by atomic mass is 9.96. The fraction of sp³-hybridized carbons (Fsp3) is 0.619. The molecule has 1 unspecified atom stereocenters. The molecule has 1 N–H and O–H groups in total. The Morgan fingerprint density at radius 2 is 1.91 bits per heavy atom. The Hall–Kier alpha value is -1.30. The Labute approximate surface area is 142 Å². The second kappa shape index (κ2) is 12.2. The highest BCUT2D eigenvalue weighted by Gasteiger charge is 2.10. The second-order valence-corrected chi connectivity index (χ2v) is 6.49. The molecule has 0 saturated carbocycles. The molecule has 0 radical (unpaired) electrons. The number of rotatable bonds is 8. The van der Waals surface area contributed by atoms with Crippen LogP contribution in [0.2, 0.25) is 0 Å². The van der Waals surface area contributed by atoms with Gasteiger partial charge in [0.2, 0.25) is 0 Å². The van der Waals surface area contributed by atoms with Gasteiger partial charge in [0, 0.05) is 12.2 Å². The maximum absolute atomic E-state index is 5.58. The van der Waals surface area contributed by atoms with E-state index < -0.39 is 0 Å². The molecule has 0 spiro atoms. The molecule has 1 aliphatic rings. The van der Waals surface area contributed by atoms with Gasteiger partial charge in [0.1, 0.15) is 6.61 Å². The summed E-state index contributed by atoms with van der Waals surface area (Å²) in [6, 6.07) is 10.1. The van der Waals surface area contributed by atoms with Crippen LogP contribution in [-0.4, -0.2) is 26.3 Å². The normalized spacial score (nSPS) is 18.0. The van der Waals surface area contributed by atoms with Gasteiger partial charge in [-0.15, -0.1) is 0 Å². The molecular formula is C21H31NO. The van der Waals surface area contributed by atoms with Gasteiger partial charge in [0.25, 0.3) is 0 Å². The SMILES string of the molecule is C(#Cc1ccccc1)COCCCCCCC1CCCCNC1. The van der Waals surface area contributed by atoms with Gasteiger partial charge in [-0.25, -0.2) is 0 Å². The monoisotopic (exact) mass is 313 g/mol. The van der Waals surface area contributed by atoms with Crippen LogP contribution >= 0.6 is 0 Å². The highest BCUT2D eigenvalue weighted by Crippen LogP contribution is 2.18. The number of ether oxygens (including phenoxy) is 1. The standard InChI is InChI=1S/C21H31NO/c1(4-13-21-14-7-8-16-22-19-21)2-9-17-23-18-10-15-20-11-5-3-6-12-20/h3,5-6,11-12,21-22H,1-2,4,7-9,13-14,16-19H2. The lowest BCUT2D eigenvalue weighted by molar-refractivity contribution is 0.161. The molecule has 2 nitrogen and oxygen atoms in total. The van der Waals surface area contributed by atoms with Crippen LogP contribution in [-0.2, 0) is 4.74 Å². The molecule has 1 heterocycles. The van der Waals surface area contributed by atoms with E-state index in [1.807, 2.05) is 30.3 Å². The summed E-state index contributed by atoms with van der Waals surface area (Å²) in [7, 11) is 0. The zero-order chi connectivity index (χ0) is 16.0. The van der Waals surface area contributed by atoms with Gasteiger partial charge in [-0.3, -0.25) is 0 Å². The third-order valence-electron chi connectivity index (χ3n) is 4.48. The van der Waals surface area contributed by atoms with E-state index in [2.05, 4.69) is 17.2 Å². The molecule has 0 aromatic heterocycles. The first-order valence-corrected chi connectivity index (χ1v) is 9.27. The molecule has 0 amide bonds. The minimum atomic E-state index is 0.544. The van der Waals surface area contributed by atoms with Crippen molar-refractivity contribution in [2.75, 3.05) is 26.3 Å². The predicted molar refractivity (Wildman–Crippen MR) is 97.4 cm³/mol. The number of benzene rings is 1. The predicted octanol–water partition coefficient (Wildman–Crippen LogP) is 4.39. The molecule has 1 aromatic carbocycles. The summed E-state index contributed by atoms with van der Waals surface area (Å²) in [6.07, 6.45) is 10.8. The number of unbranched alkanes of at least 4 members (excludes halogenated alkanes) is 3. The smallest absolute Gasteiger partial charge is 0.108 e. The topological polar surface area (TPSA) is 21.3 Å². The Kier molecular flexibility index (Phi) is 9.54. The fourth-order valence-electron chi connectivity index (χ4n) is 3.11. The molecule has 23 heavy (non-hydrogen) atoms. The van der Waals surface area contributed by atoms with Gasteiger partial charge < -0.3 is 10.1 Å². The summed E-state index contributed by atoms with van der Waals surface area (Å²) in [5.41, 5.74) is 1.06. The molecule has 2 heteroatoms. The Morgan fingerprint density at radius 3 is 2.83 bits per heavy atom. The average molecular weight is 313 g/mol. The van der Waals surface area contributed by atoms with Gasteiger partial charge in [-0.2, -0.15) is 0 Å². The van der Waals surface area contributed by atoms with Gasteiger partial charge in [0.15, 0.2) is 0 Å². The second-order valence-electron chi connectivity index (χ2n) is 6.49. The van der Waals surface area contributed by atoms with Gasteiger partial charge >= 0.3 is 0 Å². The minimum Gasteiger partial charge on any atom is -0.369 e. The third kappa shape index (κ3) is 8.79. The third-order valence-corrected chi connectivity index (χ3v) is 4.48. The number of hydrogen-bond donors (Lipinski definition) is 1. The molecule has 1 atom stereocenters. The molecule has 0 aliphatic carbocycles. The first-order chi connectivity index (χ1) is 11.4. The number of nitrogens with one attached hydrogen (secondary N) is 1. The summed E-state index contributed by atoms with van der Waals surface area (Å²) in [5.74, 6) is 7.11. The van der Waals surface area contributed by atoms with E-state index in [-0.39, 0.29) is 0 Å². The van der Waals surface area contributed by atoms with E-state index in [1.165, 1.54) is 58.0 Å². The highest BCUT2D eigenvalue weighted by atomic mass is 16.5. The van der Waals surface area contributed by atoms with Crippen LogP contribution in [0.4, 0.5) is 0 Å². The van der Waals surface area contributed by atoms with E-state index in [0.717, 1.165) is 24.5 Å². The van der Waals surface area contributed by atoms with Crippen molar-refractivity contribution < 1.29 is 4.74 Å². The van der Waals surface area contributed by atoms with Crippen LogP contribution in [0.25, 0.3) is 0 Å². The zero-order valence-corrected chi connectivity index (χ0v) is 14.4. The van der Waals surface area contributed by atoms with Crippen molar-refractivity contribution in [1.82, 2.24) is 5.32 Å². The van der Waals surface area contributed by atoms with Crippen molar-refractivity contribution in [3.05, 3.63) is 35.9 Å². The first kappa shape index (κ1) is 18.0. The summed E-state index contributed by atoms with van der Waals surface area (Å²) >= 11 is 0. The van der Waals surface area contributed by atoms with E-state index in [4.69, 9.17) is 4.74 Å². The van der Waals surface area contributed by atoms with E-state index >= 15 is 0 Å². The van der Waals surface area contributed by atoms with Crippen molar-refractivity contribution in [2.24, 2.45) is 5.92 Å². The molecule has 1 aliphatic heterocycles. The lowest BCUT2D eigenvalue weighted by Crippen LogP contribution is -2.20. The van der Waals surface area contributed by atoms with Crippen LogP contribution in [0.1, 0.15) is 56.9 Å². The molecular weight excluding hydrogens is 282 g/mol. The molecule has 1 saturated heterocycles. The Balaban J connectivity index is 1.40. The van der Waals surface area contributed by atoms with Crippen LogP contribution in [0.3, 0.4) is 0 Å². The van der Waals surface area contributed by atoms with E-state index in [1.54, 1.807) is 0 Å². The van der Waals surface area contributed by atoms with Gasteiger partial charge in [-0.05, 0) is 56.8 Å². The maximum Gasteiger partial charge on any atom is 0.108 e. The van der Waals surface area contributed by atoms with Crippen molar-refractivity contribution in [3.8, 4) is 11.8 Å². The van der Waals surface area contributed by atoms with Crippen molar-refractivity contribution >= 4 is 0 Å². The van der Waals surface area contributed by atoms with E-state index in [0.29, 0.717) is 6.61 Å². The maximum atomic E-state index is 5.58. The quantitative estimate of drug-likeness (QED) is 0.567. The summed E-state index contributed by atoms with van der Waals surface area (Å²) < 4.78 is 5.58. The first-order valence-electron chi connectivity index (χ1n) is 9.27. The van der Waals surface area contributed by atoms with Crippen molar-refractivity contribution in [2.45, 2.75) is 51.4 Å². The highest BCUT2D eigenvalue weighted by molar-refractivity contribution is 5.33. The molecule has 126 valence electrons. The number of hydrogen-bond acceptors (Lipinski definition) is 2. The molecule has 1 aromatic rings. The van der Waals surface area contributed by atoms with Crippen LogP contribution in [0, 0.1) is 17.8 Å².